The minimum absolute atomic E-state index is 0.0331. The minimum atomic E-state index is -0.0331. The molecule has 0 saturated heterocycles. The molecule has 0 bridgehead atoms. The Hall–Kier alpha value is -1.51. The van der Waals surface area contributed by atoms with E-state index in [0.717, 1.165) is 17.8 Å². The van der Waals surface area contributed by atoms with Crippen LogP contribution in [-0.2, 0) is 0 Å². The van der Waals surface area contributed by atoms with Gasteiger partial charge >= 0.3 is 0 Å². The predicted molar refractivity (Wildman–Crippen MR) is 81.8 cm³/mol. The van der Waals surface area contributed by atoms with Gasteiger partial charge in [-0.05, 0) is 37.1 Å². The number of hydrogen-bond acceptors (Lipinski definition) is 2. The van der Waals surface area contributed by atoms with Gasteiger partial charge in [0.15, 0.2) is 0 Å². The normalized spacial score (nSPS) is 10.3. The van der Waals surface area contributed by atoms with Crippen LogP contribution in [0.3, 0.4) is 0 Å². The van der Waals surface area contributed by atoms with Crippen LogP contribution in [0.4, 0.5) is 5.69 Å². The van der Waals surface area contributed by atoms with Gasteiger partial charge < -0.3 is 10.6 Å². The molecule has 0 aromatic heterocycles. The van der Waals surface area contributed by atoms with E-state index < -0.39 is 0 Å². The number of rotatable bonds is 8. The summed E-state index contributed by atoms with van der Waals surface area (Å²) in [6.07, 6.45) is 6.44. The van der Waals surface area contributed by atoms with Gasteiger partial charge in [0.1, 0.15) is 0 Å². The second-order valence-corrected chi connectivity index (χ2v) is 4.95. The van der Waals surface area contributed by atoms with E-state index in [9.17, 15) is 4.79 Å². The summed E-state index contributed by atoms with van der Waals surface area (Å²) in [5.41, 5.74) is 2.96. The third-order valence-electron chi connectivity index (χ3n) is 3.31. The molecule has 0 spiro atoms. The van der Waals surface area contributed by atoms with E-state index in [1.165, 1.54) is 32.1 Å². The number of nitrogens with one attached hydrogen (secondary N) is 2. The Bertz CT molecular complexity index is 402. The largest absolute Gasteiger partial charge is 0.385 e. The Balaban J connectivity index is 2.40. The average molecular weight is 262 g/mol. The molecule has 106 valence electrons. The summed E-state index contributed by atoms with van der Waals surface area (Å²) in [5, 5.41) is 6.08. The number of carbonyl (C=O) groups is 1. The first-order chi connectivity index (χ1) is 9.19. The number of unbranched alkanes of at least 4 members (excludes halogenated alkanes) is 4. The fourth-order valence-electron chi connectivity index (χ4n) is 2.10. The number of hydrogen-bond donors (Lipinski definition) is 2. The quantitative estimate of drug-likeness (QED) is 0.701. The van der Waals surface area contributed by atoms with Crippen LogP contribution in [0, 0.1) is 6.92 Å². The first-order valence-corrected chi connectivity index (χ1v) is 7.25. The van der Waals surface area contributed by atoms with Crippen molar-refractivity contribution in [1.82, 2.24) is 5.32 Å². The van der Waals surface area contributed by atoms with Crippen molar-refractivity contribution in [2.45, 2.75) is 46.0 Å². The molecule has 3 heteroatoms. The number of carbonyl (C=O) groups excluding carboxylic acids is 1. The molecule has 19 heavy (non-hydrogen) atoms. The van der Waals surface area contributed by atoms with Crippen molar-refractivity contribution in [1.29, 1.82) is 0 Å². The minimum Gasteiger partial charge on any atom is -0.385 e. The second-order valence-electron chi connectivity index (χ2n) is 4.95. The molecule has 0 aliphatic rings. The van der Waals surface area contributed by atoms with Crippen molar-refractivity contribution in [2.24, 2.45) is 0 Å². The van der Waals surface area contributed by atoms with E-state index in [1.807, 2.05) is 25.1 Å². The molecule has 0 atom stereocenters. The number of anilines is 1. The van der Waals surface area contributed by atoms with E-state index in [4.69, 9.17) is 0 Å². The van der Waals surface area contributed by atoms with Crippen LogP contribution in [0.1, 0.15) is 54.9 Å². The number of benzene rings is 1. The summed E-state index contributed by atoms with van der Waals surface area (Å²) in [6.45, 7) is 5.27. The molecule has 1 rings (SSSR count). The third kappa shape index (κ3) is 5.33. The lowest BCUT2D eigenvalue weighted by Gasteiger charge is -2.10. The molecular formula is C16H26N2O. The fourth-order valence-corrected chi connectivity index (χ4v) is 2.10. The van der Waals surface area contributed by atoms with Gasteiger partial charge in [-0.1, -0.05) is 32.6 Å². The second kappa shape index (κ2) is 8.57. The molecule has 1 amide bonds. The molecule has 0 radical (unpaired) electrons. The molecular weight excluding hydrogens is 236 g/mol. The Labute approximate surface area is 116 Å². The van der Waals surface area contributed by atoms with Crippen molar-refractivity contribution in [3.8, 4) is 0 Å². The molecule has 3 nitrogen and oxygen atoms in total. The highest BCUT2D eigenvalue weighted by Crippen LogP contribution is 2.16. The number of aryl methyl sites for hydroxylation is 1. The van der Waals surface area contributed by atoms with Gasteiger partial charge in [0.05, 0.1) is 0 Å². The fraction of sp³-hybridized carbons (Fsp3) is 0.562. The summed E-state index contributed by atoms with van der Waals surface area (Å²) in [6, 6.07) is 5.79. The van der Waals surface area contributed by atoms with Gasteiger partial charge in [-0.15, -0.1) is 0 Å². The van der Waals surface area contributed by atoms with E-state index in [-0.39, 0.29) is 5.91 Å². The molecule has 0 aliphatic carbocycles. The van der Waals surface area contributed by atoms with Gasteiger partial charge in [0.2, 0.25) is 0 Å². The van der Waals surface area contributed by atoms with E-state index in [2.05, 4.69) is 17.6 Å². The Morgan fingerprint density at radius 1 is 1.16 bits per heavy atom. The highest BCUT2D eigenvalue weighted by molar-refractivity contribution is 5.94. The zero-order valence-electron chi connectivity index (χ0n) is 12.4. The molecule has 0 heterocycles. The highest BCUT2D eigenvalue weighted by atomic mass is 16.1. The first-order valence-electron chi connectivity index (χ1n) is 7.25. The smallest absolute Gasteiger partial charge is 0.251 e. The average Bonchev–Trinajstić information content (AvgIpc) is 2.43. The molecule has 0 unspecified atom stereocenters. The van der Waals surface area contributed by atoms with E-state index >= 15 is 0 Å². The summed E-state index contributed by atoms with van der Waals surface area (Å²) < 4.78 is 0. The van der Waals surface area contributed by atoms with Crippen LogP contribution < -0.4 is 10.6 Å². The molecule has 2 N–H and O–H groups in total. The predicted octanol–water partition coefficient (Wildman–Crippen LogP) is 3.74. The molecule has 0 aliphatic heterocycles. The maximum atomic E-state index is 11.5. The van der Waals surface area contributed by atoms with Crippen molar-refractivity contribution < 1.29 is 4.79 Å². The van der Waals surface area contributed by atoms with Crippen LogP contribution in [0.25, 0.3) is 0 Å². The van der Waals surface area contributed by atoms with E-state index in [0.29, 0.717) is 5.56 Å². The first kappa shape index (κ1) is 15.5. The lowest BCUT2D eigenvalue weighted by atomic mass is 10.1. The lowest BCUT2D eigenvalue weighted by molar-refractivity contribution is 0.0963. The number of amides is 1. The van der Waals surface area contributed by atoms with Crippen LogP contribution in [0.2, 0.25) is 0 Å². The monoisotopic (exact) mass is 262 g/mol. The standard InChI is InChI=1S/C16H26N2O/c1-4-5-6-7-8-11-18-15-10-9-14(12-13(15)2)16(19)17-3/h9-10,12,18H,4-8,11H2,1-3H3,(H,17,19). The third-order valence-corrected chi connectivity index (χ3v) is 3.31. The molecule has 1 aromatic carbocycles. The van der Waals surface area contributed by atoms with Gasteiger partial charge in [0.25, 0.3) is 5.91 Å². The zero-order chi connectivity index (χ0) is 14.1. The summed E-state index contributed by atoms with van der Waals surface area (Å²) in [5.74, 6) is -0.0331. The molecule has 1 aromatic rings. The van der Waals surface area contributed by atoms with E-state index in [1.54, 1.807) is 7.05 Å². The Kier molecular flexibility index (Phi) is 7.01. The topological polar surface area (TPSA) is 41.1 Å². The lowest BCUT2D eigenvalue weighted by Crippen LogP contribution is -2.18. The van der Waals surface area contributed by atoms with Gasteiger partial charge in [-0.2, -0.15) is 0 Å². The van der Waals surface area contributed by atoms with Crippen LogP contribution >= 0.6 is 0 Å². The van der Waals surface area contributed by atoms with Crippen LogP contribution in [-0.4, -0.2) is 19.5 Å². The SMILES string of the molecule is CCCCCCCNc1ccc(C(=O)NC)cc1C. The summed E-state index contributed by atoms with van der Waals surface area (Å²) in [7, 11) is 1.65. The van der Waals surface area contributed by atoms with Crippen LogP contribution in [0.15, 0.2) is 18.2 Å². The molecule has 0 saturated carbocycles. The van der Waals surface area contributed by atoms with Crippen molar-refractivity contribution in [3.05, 3.63) is 29.3 Å². The molecule has 0 fully saturated rings. The van der Waals surface area contributed by atoms with Gasteiger partial charge in [-0.3, -0.25) is 4.79 Å². The van der Waals surface area contributed by atoms with Crippen molar-refractivity contribution in [3.63, 3.8) is 0 Å². The van der Waals surface area contributed by atoms with Crippen molar-refractivity contribution >= 4 is 11.6 Å². The van der Waals surface area contributed by atoms with Crippen LogP contribution in [0.5, 0.6) is 0 Å². The maximum absolute atomic E-state index is 11.5. The van der Waals surface area contributed by atoms with Gasteiger partial charge in [0, 0.05) is 24.8 Å². The highest BCUT2D eigenvalue weighted by Gasteiger charge is 2.05. The summed E-state index contributed by atoms with van der Waals surface area (Å²) in [4.78, 5) is 11.5. The van der Waals surface area contributed by atoms with Crippen molar-refractivity contribution in [2.75, 3.05) is 18.9 Å². The zero-order valence-corrected chi connectivity index (χ0v) is 12.4. The summed E-state index contributed by atoms with van der Waals surface area (Å²) >= 11 is 0. The maximum Gasteiger partial charge on any atom is 0.251 e. The Morgan fingerprint density at radius 3 is 2.53 bits per heavy atom. The Morgan fingerprint density at radius 2 is 1.89 bits per heavy atom. The van der Waals surface area contributed by atoms with Gasteiger partial charge in [-0.25, -0.2) is 0 Å².